The quantitative estimate of drug-likeness (QED) is 0.855. The highest BCUT2D eigenvalue weighted by atomic mass is 16.8. The van der Waals surface area contributed by atoms with Crippen LogP contribution in [0.1, 0.15) is 12.5 Å². The van der Waals surface area contributed by atoms with Crippen molar-refractivity contribution in [3.8, 4) is 11.1 Å². The lowest BCUT2D eigenvalue weighted by atomic mass is 9.93. The van der Waals surface area contributed by atoms with Crippen molar-refractivity contribution < 1.29 is 19.0 Å². The molecule has 2 aromatic rings. The molecule has 2 aromatic carbocycles. The predicted octanol–water partition coefficient (Wildman–Crippen LogP) is 3.16. The van der Waals surface area contributed by atoms with Crippen LogP contribution in [0.15, 0.2) is 48.5 Å². The van der Waals surface area contributed by atoms with Crippen molar-refractivity contribution in [2.75, 3.05) is 32.2 Å². The molecular weight excluding hydrogens is 306 g/mol. The SMILES string of the molecule is CCOC(=O)C1(c2ccccc2-c2ccccc2NC)OCCO1. The van der Waals surface area contributed by atoms with E-state index in [4.69, 9.17) is 14.2 Å². The van der Waals surface area contributed by atoms with Gasteiger partial charge in [0, 0.05) is 23.9 Å². The largest absolute Gasteiger partial charge is 0.462 e. The number of anilines is 1. The Bertz CT molecular complexity index is 723. The Kier molecular flexibility index (Phi) is 4.83. The lowest BCUT2D eigenvalue weighted by Gasteiger charge is -2.27. The van der Waals surface area contributed by atoms with Gasteiger partial charge in [0.05, 0.1) is 19.8 Å². The maximum atomic E-state index is 12.6. The lowest BCUT2D eigenvalue weighted by molar-refractivity contribution is -0.211. The minimum Gasteiger partial charge on any atom is -0.462 e. The van der Waals surface area contributed by atoms with Gasteiger partial charge in [-0.3, -0.25) is 0 Å². The number of rotatable bonds is 5. The molecular formula is C19H21NO4. The van der Waals surface area contributed by atoms with E-state index < -0.39 is 11.8 Å². The zero-order valence-electron chi connectivity index (χ0n) is 13.9. The highest BCUT2D eigenvalue weighted by Crippen LogP contribution is 2.40. The lowest BCUT2D eigenvalue weighted by Crippen LogP contribution is -2.39. The molecule has 0 amide bonds. The first-order valence-electron chi connectivity index (χ1n) is 8.04. The summed E-state index contributed by atoms with van der Waals surface area (Å²) in [4.78, 5) is 12.6. The van der Waals surface area contributed by atoms with Gasteiger partial charge < -0.3 is 19.5 Å². The molecule has 0 aliphatic carbocycles. The van der Waals surface area contributed by atoms with E-state index in [1.165, 1.54) is 0 Å². The molecule has 24 heavy (non-hydrogen) atoms. The molecule has 0 radical (unpaired) electrons. The van der Waals surface area contributed by atoms with Crippen LogP contribution in [0.25, 0.3) is 11.1 Å². The van der Waals surface area contributed by atoms with Crippen LogP contribution >= 0.6 is 0 Å². The van der Waals surface area contributed by atoms with Crippen LogP contribution in [0.4, 0.5) is 5.69 Å². The smallest absolute Gasteiger partial charge is 0.372 e. The molecule has 1 aliphatic rings. The first-order valence-corrected chi connectivity index (χ1v) is 8.04. The van der Waals surface area contributed by atoms with Crippen molar-refractivity contribution in [1.82, 2.24) is 0 Å². The molecule has 1 heterocycles. The minimum atomic E-state index is -1.51. The average molecular weight is 327 g/mol. The van der Waals surface area contributed by atoms with Gasteiger partial charge in [-0.15, -0.1) is 0 Å². The molecule has 0 aromatic heterocycles. The molecule has 1 saturated heterocycles. The second-order valence-corrected chi connectivity index (χ2v) is 5.38. The number of nitrogens with one attached hydrogen (secondary N) is 1. The number of para-hydroxylation sites is 1. The molecule has 1 fully saturated rings. The van der Waals surface area contributed by atoms with Crippen LogP contribution in [0.3, 0.4) is 0 Å². The third kappa shape index (κ3) is 2.77. The Labute approximate surface area is 141 Å². The molecule has 0 atom stereocenters. The Morgan fingerprint density at radius 3 is 2.38 bits per heavy atom. The van der Waals surface area contributed by atoms with E-state index in [1.54, 1.807) is 6.92 Å². The van der Waals surface area contributed by atoms with Gasteiger partial charge in [-0.1, -0.05) is 42.5 Å². The predicted molar refractivity (Wildman–Crippen MR) is 91.6 cm³/mol. The number of benzene rings is 2. The molecule has 0 saturated carbocycles. The summed E-state index contributed by atoms with van der Waals surface area (Å²) >= 11 is 0. The second-order valence-electron chi connectivity index (χ2n) is 5.38. The van der Waals surface area contributed by atoms with Crippen molar-refractivity contribution in [1.29, 1.82) is 0 Å². The Hall–Kier alpha value is -2.37. The summed E-state index contributed by atoms with van der Waals surface area (Å²) in [6.07, 6.45) is 0. The fraction of sp³-hybridized carbons (Fsp3) is 0.316. The van der Waals surface area contributed by atoms with E-state index in [-0.39, 0.29) is 6.61 Å². The highest BCUT2D eigenvalue weighted by molar-refractivity contribution is 5.87. The van der Waals surface area contributed by atoms with Crippen molar-refractivity contribution in [3.05, 3.63) is 54.1 Å². The maximum absolute atomic E-state index is 12.6. The van der Waals surface area contributed by atoms with E-state index in [9.17, 15) is 4.79 Å². The molecule has 1 aliphatic heterocycles. The van der Waals surface area contributed by atoms with Gasteiger partial charge in [-0.2, -0.15) is 0 Å². The number of hydrogen-bond acceptors (Lipinski definition) is 5. The summed E-state index contributed by atoms with van der Waals surface area (Å²) in [5.74, 6) is -2.02. The second kappa shape index (κ2) is 7.03. The summed E-state index contributed by atoms with van der Waals surface area (Å²) in [7, 11) is 1.87. The standard InChI is InChI=1S/C19H21NO4/c1-3-22-18(21)19(23-12-13-24-19)16-10-6-4-8-14(16)15-9-5-7-11-17(15)20-2/h4-11,20H,3,12-13H2,1-2H3. The van der Waals surface area contributed by atoms with E-state index in [0.29, 0.717) is 18.8 Å². The zero-order chi connectivity index (χ0) is 17.0. The normalized spacial score (nSPS) is 15.9. The van der Waals surface area contributed by atoms with Gasteiger partial charge in [-0.25, -0.2) is 4.79 Å². The fourth-order valence-electron chi connectivity index (χ4n) is 2.96. The van der Waals surface area contributed by atoms with Gasteiger partial charge in [0.15, 0.2) is 0 Å². The van der Waals surface area contributed by atoms with Crippen molar-refractivity contribution in [2.45, 2.75) is 12.7 Å². The zero-order valence-corrected chi connectivity index (χ0v) is 13.9. The highest BCUT2D eigenvalue weighted by Gasteiger charge is 2.49. The van der Waals surface area contributed by atoms with Crippen LogP contribution in [-0.2, 0) is 24.8 Å². The van der Waals surface area contributed by atoms with Crippen LogP contribution in [0.5, 0.6) is 0 Å². The molecule has 1 N–H and O–H groups in total. The summed E-state index contributed by atoms with van der Waals surface area (Å²) in [6, 6.07) is 15.5. The Morgan fingerprint density at radius 1 is 1.08 bits per heavy atom. The first-order chi connectivity index (χ1) is 11.7. The molecule has 5 heteroatoms. The van der Waals surface area contributed by atoms with Gasteiger partial charge in [0.1, 0.15) is 0 Å². The van der Waals surface area contributed by atoms with E-state index in [2.05, 4.69) is 5.32 Å². The van der Waals surface area contributed by atoms with Crippen molar-refractivity contribution >= 4 is 11.7 Å². The number of hydrogen-bond donors (Lipinski definition) is 1. The van der Waals surface area contributed by atoms with Crippen LogP contribution < -0.4 is 5.32 Å². The third-order valence-electron chi connectivity index (χ3n) is 4.01. The third-order valence-corrected chi connectivity index (χ3v) is 4.01. The number of carbonyl (C=O) groups excluding carboxylic acids is 1. The molecule has 0 spiro atoms. The monoisotopic (exact) mass is 327 g/mol. The number of carbonyl (C=O) groups is 1. The average Bonchev–Trinajstić information content (AvgIpc) is 3.13. The molecule has 0 bridgehead atoms. The van der Waals surface area contributed by atoms with E-state index >= 15 is 0 Å². The van der Waals surface area contributed by atoms with Crippen molar-refractivity contribution in [2.24, 2.45) is 0 Å². The summed E-state index contributed by atoms with van der Waals surface area (Å²) in [5.41, 5.74) is 3.46. The van der Waals surface area contributed by atoms with Crippen LogP contribution in [0, 0.1) is 0 Å². The summed E-state index contributed by atoms with van der Waals surface area (Å²) in [6.45, 7) is 2.73. The Balaban J connectivity index is 2.16. The molecule has 126 valence electrons. The van der Waals surface area contributed by atoms with Gasteiger partial charge >= 0.3 is 5.97 Å². The summed E-state index contributed by atoms with van der Waals surface area (Å²) in [5, 5.41) is 3.18. The van der Waals surface area contributed by atoms with Crippen LogP contribution in [-0.4, -0.2) is 32.8 Å². The van der Waals surface area contributed by atoms with Crippen LogP contribution in [0.2, 0.25) is 0 Å². The van der Waals surface area contributed by atoms with E-state index in [1.807, 2.05) is 55.6 Å². The van der Waals surface area contributed by atoms with E-state index in [0.717, 1.165) is 16.8 Å². The number of esters is 1. The topological polar surface area (TPSA) is 56.8 Å². The summed E-state index contributed by atoms with van der Waals surface area (Å²) < 4.78 is 16.7. The van der Waals surface area contributed by atoms with Crippen molar-refractivity contribution in [3.63, 3.8) is 0 Å². The minimum absolute atomic E-state index is 0.266. The fourth-order valence-corrected chi connectivity index (χ4v) is 2.96. The number of ether oxygens (including phenoxy) is 3. The van der Waals surface area contributed by atoms with Gasteiger partial charge in [-0.05, 0) is 18.6 Å². The molecule has 3 rings (SSSR count). The molecule has 0 unspecified atom stereocenters. The maximum Gasteiger partial charge on any atom is 0.372 e. The van der Waals surface area contributed by atoms with Gasteiger partial charge in [0.25, 0.3) is 5.79 Å². The van der Waals surface area contributed by atoms with Gasteiger partial charge in [0.2, 0.25) is 0 Å². The molecule has 5 nitrogen and oxygen atoms in total. The first kappa shape index (κ1) is 16.5. The Morgan fingerprint density at radius 2 is 1.71 bits per heavy atom.